The molecule has 0 aliphatic rings. The van der Waals surface area contributed by atoms with E-state index in [1.165, 1.54) is 0 Å². The van der Waals surface area contributed by atoms with Gasteiger partial charge in [0.2, 0.25) is 0 Å². The van der Waals surface area contributed by atoms with Crippen LogP contribution < -0.4 is 10.5 Å². The molecule has 1 aromatic rings. The second-order valence-corrected chi connectivity index (χ2v) is 4.70. The minimum atomic E-state index is -1.13. The lowest BCUT2D eigenvalue weighted by Gasteiger charge is -2.23. The summed E-state index contributed by atoms with van der Waals surface area (Å²) in [7, 11) is 0. The third-order valence-electron chi connectivity index (χ3n) is 2.61. The van der Waals surface area contributed by atoms with Gasteiger partial charge in [-0.3, -0.25) is 0 Å². The number of aryl methyl sites for hydroxylation is 2. The molecule has 1 aromatic carbocycles. The quantitative estimate of drug-likeness (QED) is 0.813. The van der Waals surface area contributed by atoms with Crippen LogP contribution in [0.3, 0.4) is 0 Å². The summed E-state index contributed by atoms with van der Waals surface area (Å²) in [6, 6.07) is 5.91. The van der Waals surface area contributed by atoms with Gasteiger partial charge < -0.3 is 15.2 Å². The molecular weight excluding hydrogens is 230 g/mol. The molecule has 0 saturated carbocycles. The van der Waals surface area contributed by atoms with Crippen molar-refractivity contribution in [1.29, 1.82) is 0 Å². The monoisotopic (exact) mass is 251 g/mol. The first-order valence-electron chi connectivity index (χ1n) is 6.03. The molecule has 4 nitrogen and oxygen atoms in total. The van der Waals surface area contributed by atoms with Crippen LogP contribution in [0.25, 0.3) is 0 Å². The largest absolute Gasteiger partial charge is 0.491 e. The molecule has 0 heterocycles. The van der Waals surface area contributed by atoms with Gasteiger partial charge in [0, 0.05) is 0 Å². The Kier molecular flexibility index (Phi) is 4.73. The van der Waals surface area contributed by atoms with Gasteiger partial charge in [0.25, 0.3) is 0 Å². The Bertz CT molecular complexity index is 427. The molecule has 2 N–H and O–H groups in total. The third kappa shape index (κ3) is 3.74. The highest BCUT2D eigenvalue weighted by Gasteiger charge is 2.31. The first-order chi connectivity index (χ1) is 8.36. The van der Waals surface area contributed by atoms with E-state index in [2.05, 4.69) is 0 Å². The van der Waals surface area contributed by atoms with Crippen molar-refractivity contribution >= 4 is 5.97 Å². The first-order valence-corrected chi connectivity index (χ1v) is 6.03. The molecule has 0 radical (unpaired) electrons. The van der Waals surface area contributed by atoms with Gasteiger partial charge in [-0.05, 0) is 44.9 Å². The Morgan fingerprint density at radius 1 is 1.39 bits per heavy atom. The van der Waals surface area contributed by atoms with Crippen LogP contribution in [0.5, 0.6) is 5.75 Å². The summed E-state index contributed by atoms with van der Waals surface area (Å²) < 4.78 is 10.5. The lowest BCUT2D eigenvalue weighted by Crippen LogP contribution is -2.51. The third-order valence-corrected chi connectivity index (χ3v) is 2.61. The summed E-state index contributed by atoms with van der Waals surface area (Å²) in [5.41, 5.74) is 6.87. The molecule has 0 spiro atoms. The molecule has 0 saturated heterocycles. The van der Waals surface area contributed by atoms with Crippen molar-refractivity contribution in [2.24, 2.45) is 5.73 Å². The van der Waals surface area contributed by atoms with Crippen LogP contribution in [-0.4, -0.2) is 24.7 Å². The molecule has 0 aromatic heterocycles. The molecule has 100 valence electrons. The fraction of sp³-hybridized carbons (Fsp3) is 0.500. The molecular formula is C14H21NO3. The van der Waals surface area contributed by atoms with Crippen molar-refractivity contribution in [3.05, 3.63) is 29.3 Å². The topological polar surface area (TPSA) is 61.5 Å². The summed E-state index contributed by atoms with van der Waals surface area (Å²) in [4.78, 5) is 11.6. The molecule has 4 heteroatoms. The maximum absolute atomic E-state index is 11.6. The van der Waals surface area contributed by atoms with Crippen LogP contribution in [0.2, 0.25) is 0 Å². The maximum Gasteiger partial charge on any atom is 0.329 e. The zero-order chi connectivity index (χ0) is 13.8. The van der Waals surface area contributed by atoms with Crippen molar-refractivity contribution < 1.29 is 14.3 Å². The van der Waals surface area contributed by atoms with Gasteiger partial charge in [-0.1, -0.05) is 12.1 Å². The van der Waals surface area contributed by atoms with Crippen LogP contribution in [0.1, 0.15) is 25.0 Å². The molecule has 1 rings (SSSR count). The van der Waals surface area contributed by atoms with E-state index in [9.17, 15) is 4.79 Å². The Morgan fingerprint density at radius 3 is 2.67 bits per heavy atom. The highest BCUT2D eigenvalue weighted by atomic mass is 16.5. The van der Waals surface area contributed by atoms with Crippen LogP contribution in [0, 0.1) is 13.8 Å². The van der Waals surface area contributed by atoms with Gasteiger partial charge in [-0.15, -0.1) is 0 Å². The fourth-order valence-corrected chi connectivity index (χ4v) is 1.45. The Morgan fingerprint density at radius 2 is 2.06 bits per heavy atom. The second kappa shape index (κ2) is 5.87. The Hall–Kier alpha value is -1.55. The summed E-state index contributed by atoms with van der Waals surface area (Å²) >= 11 is 0. The molecule has 18 heavy (non-hydrogen) atoms. The normalized spacial score (nSPS) is 13.8. The average Bonchev–Trinajstić information content (AvgIpc) is 2.31. The van der Waals surface area contributed by atoms with Gasteiger partial charge in [-0.2, -0.15) is 0 Å². The number of nitrogens with two attached hydrogens (primary N) is 1. The van der Waals surface area contributed by atoms with Crippen LogP contribution in [-0.2, 0) is 9.53 Å². The number of carbonyl (C=O) groups is 1. The average molecular weight is 251 g/mol. The minimum absolute atomic E-state index is 0.0934. The van der Waals surface area contributed by atoms with Crippen molar-refractivity contribution in [3.63, 3.8) is 0 Å². The number of hydrogen-bond donors (Lipinski definition) is 1. The van der Waals surface area contributed by atoms with E-state index in [0.717, 1.165) is 16.9 Å². The van der Waals surface area contributed by atoms with Gasteiger partial charge in [0.15, 0.2) is 0 Å². The maximum atomic E-state index is 11.6. The molecule has 0 fully saturated rings. The van der Waals surface area contributed by atoms with Gasteiger partial charge in [0.1, 0.15) is 17.9 Å². The number of hydrogen-bond acceptors (Lipinski definition) is 4. The molecule has 1 unspecified atom stereocenters. The second-order valence-electron chi connectivity index (χ2n) is 4.70. The van der Waals surface area contributed by atoms with Crippen molar-refractivity contribution in [2.45, 2.75) is 33.2 Å². The van der Waals surface area contributed by atoms with Crippen molar-refractivity contribution in [2.75, 3.05) is 13.2 Å². The molecule has 0 amide bonds. The van der Waals surface area contributed by atoms with E-state index in [0.29, 0.717) is 6.61 Å². The molecule has 0 aliphatic heterocycles. The predicted molar refractivity (Wildman–Crippen MR) is 70.6 cm³/mol. The van der Waals surface area contributed by atoms with E-state index >= 15 is 0 Å². The zero-order valence-corrected chi connectivity index (χ0v) is 11.4. The van der Waals surface area contributed by atoms with Gasteiger partial charge in [-0.25, -0.2) is 4.79 Å². The lowest BCUT2D eigenvalue weighted by molar-refractivity contribution is -0.150. The fourth-order valence-electron chi connectivity index (χ4n) is 1.45. The smallest absolute Gasteiger partial charge is 0.329 e. The van der Waals surface area contributed by atoms with E-state index < -0.39 is 11.5 Å². The number of benzene rings is 1. The van der Waals surface area contributed by atoms with Crippen molar-refractivity contribution in [1.82, 2.24) is 0 Å². The van der Waals surface area contributed by atoms with Crippen LogP contribution >= 0.6 is 0 Å². The number of ether oxygens (including phenoxy) is 2. The summed E-state index contributed by atoms with van der Waals surface area (Å²) in [5, 5.41) is 0. The molecule has 1 atom stereocenters. The molecule has 0 aliphatic carbocycles. The highest BCUT2D eigenvalue weighted by molar-refractivity contribution is 5.80. The Balaban J connectivity index is 2.69. The first kappa shape index (κ1) is 14.5. The van der Waals surface area contributed by atoms with Crippen LogP contribution in [0.15, 0.2) is 18.2 Å². The van der Waals surface area contributed by atoms with E-state index in [4.69, 9.17) is 15.2 Å². The minimum Gasteiger partial charge on any atom is -0.491 e. The Labute approximate surface area is 108 Å². The predicted octanol–water partition coefficient (Wildman–Crippen LogP) is 1.96. The highest BCUT2D eigenvalue weighted by Crippen LogP contribution is 2.20. The number of esters is 1. The summed E-state index contributed by atoms with van der Waals surface area (Å²) in [5.74, 6) is 0.297. The van der Waals surface area contributed by atoms with Crippen molar-refractivity contribution in [3.8, 4) is 5.75 Å². The SMILES string of the molecule is CCOC(=O)C(C)(N)COc1cc(C)ccc1C. The zero-order valence-electron chi connectivity index (χ0n) is 11.4. The standard InChI is InChI=1S/C14H21NO3/c1-5-17-13(16)14(4,15)9-18-12-8-10(2)6-7-11(12)3/h6-8H,5,9,15H2,1-4H3. The van der Waals surface area contributed by atoms with Crippen LogP contribution in [0.4, 0.5) is 0 Å². The van der Waals surface area contributed by atoms with E-state index in [1.807, 2.05) is 32.0 Å². The summed E-state index contributed by atoms with van der Waals surface area (Å²) in [6.07, 6.45) is 0. The number of carbonyl (C=O) groups excluding carboxylic acids is 1. The van der Waals surface area contributed by atoms with E-state index in [1.54, 1.807) is 13.8 Å². The van der Waals surface area contributed by atoms with Gasteiger partial charge >= 0.3 is 5.97 Å². The molecule has 0 bridgehead atoms. The van der Waals surface area contributed by atoms with Gasteiger partial charge in [0.05, 0.1) is 6.61 Å². The van der Waals surface area contributed by atoms with E-state index in [-0.39, 0.29) is 6.61 Å². The summed E-state index contributed by atoms with van der Waals surface area (Å²) in [6.45, 7) is 7.70. The number of rotatable bonds is 5. The lowest BCUT2D eigenvalue weighted by atomic mass is 10.1.